The van der Waals surface area contributed by atoms with Crippen LogP contribution in [0, 0.1) is 13.8 Å². The van der Waals surface area contributed by atoms with Crippen LogP contribution in [0.4, 0.5) is 5.69 Å². The lowest BCUT2D eigenvalue weighted by molar-refractivity contribution is -0.118. The zero-order chi connectivity index (χ0) is 16.6. The largest absolute Gasteiger partial charge is 0.324 e. The first-order valence-corrected chi connectivity index (χ1v) is 8.12. The molecular formula is C17H17N3O2S. The summed E-state index contributed by atoms with van der Waals surface area (Å²) in [6, 6.07) is 8.71. The zero-order valence-electron chi connectivity index (χ0n) is 13.2. The van der Waals surface area contributed by atoms with E-state index in [4.69, 9.17) is 0 Å². The minimum atomic E-state index is -0.638. The van der Waals surface area contributed by atoms with Gasteiger partial charge in [0.1, 0.15) is 10.9 Å². The monoisotopic (exact) mass is 327 g/mol. The number of rotatable bonds is 3. The van der Waals surface area contributed by atoms with Gasteiger partial charge in [-0.25, -0.2) is 4.98 Å². The van der Waals surface area contributed by atoms with E-state index in [9.17, 15) is 9.59 Å². The Labute approximate surface area is 137 Å². The molecule has 0 bridgehead atoms. The van der Waals surface area contributed by atoms with E-state index >= 15 is 0 Å². The normalized spacial score (nSPS) is 12.3. The van der Waals surface area contributed by atoms with Gasteiger partial charge in [0.2, 0.25) is 5.91 Å². The second-order valence-corrected chi connectivity index (χ2v) is 6.80. The molecule has 0 aliphatic rings. The topological polar surface area (TPSA) is 64.0 Å². The fourth-order valence-corrected chi connectivity index (χ4v) is 3.18. The predicted molar refractivity (Wildman–Crippen MR) is 93.1 cm³/mol. The Kier molecular flexibility index (Phi) is 4.00. The molecule has 0 aliphatic carbocycles. The molecular weight excluding hydrogens is 310 g/mol. The second-order valence-electron chi connectivity index (χ2n) is 5.56. The Balaban J connectivity index is 1.88. The van der Waals surface area contributed by atoms with Gasteiger partial charge in [-0.3, -0.25) is 14.2 Å². The number of fused-ring (bicyclic) bond motifs is 1. The van der Waals surface area contributed by atoms with Crippen LogP contribution in [0.3, 0.4) is 0 Å². The molecule has 2 heterocycles. The summed E-state index contributed by atoms with van der Waals surface area (Å²) in [5, 5.41) is 3.38. The number of hydrogen-bond donors (Lipinski definition) is 1. The molecule has 0 saturated carbocycles. The molecule has 2 aromatic heterocycles. The molecule has 0 unspecified atom stereocenters. The molecule has 1 amide bonds. The highest BCUT2D eigenvalue weighted by molar-refractivity contribution is 7.18. The van der Waals surface area contributed by atoms with Crippen molar-refractivity contribution in [2.45, 2.75) is 26.8 Å². The molecule has 0 spiro atoms. The van der Waals surface area contributed by atoms with Gasteiger partial charge in [0.25, 0.3) is 5.56 Å². The maximum atomic E-state index is 12.5. The molecule has 0 aliphatic heterocycles. The SMILES string of the molecule is Cc1ccc(NC(=O)[C@H](C)n2cnc3sc(C)cc3c2=O)cc1. The fourth-order valence-electron chi connectivity index (χ4n) is 2.34. The molecule has 1 atom stereocenters. The Bertz CT molecular complexity index is 925. The van der Waals surface area contributed by atoms with Gasteiger partial charge in [-0.2, -0.15) is 0 Å². The number of aromatic nitrogens is 2. The number of carbonyl (C=O) groups excluding carboxylic acids is 1. The smallest absolute Gasteiger partial charge is 0.262 e. The van der Waals surface area contributed by atoms with Crippen LogP contribution in [-0.2, 0) is 4.79 Å². The Hall–Kier alpha value is -2.47. The summed E-state index contributed by atoms with van der Waals surface area (Å²) in [6.07, 6.45) is 1.44. The van der Waals surface area contributed by atoms with Crippen molar-refractivity contribution in [3.05, 3.63) is 57.5 Å². The quantitative estimate of drug-likeness (QED) is 0.803. The second kappa shape index (κ2) is 5.96. The van der Waals surface area contributed by atoms with Crippen molar-refractivity contribution in [3.63, 3.8) is 0 Å². The maximum Gasteiger partial charge on any atom is 0.262 e. The number of nitrogens with zero attached hydrogens (tertiary/aromatic N) is 2. The first-order chi connectivity index (χ1) is 11.0. The Morgan fingerprint density at radius 2 is 1.96 bits per heavy atom. The van der Waals surface area contributed by atoms with Gasteiger partial charge in [-0.05, 0) is 39.0 Å². The van der Waals surface area contributed by atoms with Crippen molar-refractivity contribution >= 4 is 33.1 Å². The van der Waals surface area contributed by atoms with E-state index in [1.807, 2.05) is 44.2 Å². The highest BCUT2D eigenvalue weighted by Gasteiger charge is 2.18. The number of nitrogens with one attached hydrogen (secondary N) is 1. The average Bonchev–Trinajstić information content (AvgIpc) is 2.91. The molecule has 23 heavy (non-hydrogen) atoms. The van der Waals surface area contributed by atoms with Crippen molar-refractivity contribution in [1.82, 2.24) is 9.55 Å². The van der Waals surface area contributed by atoms with Crippen LogP contribution in [-0.4, -0.2) is 15.5 Å². The van der Waals surface area contributed by atoms with Crippen molar-refractivity contribution in [3.8, 4) is 0 Å². The molecule has 118 valence electrons. The van der Waals surface area contributed by atoms with Crippen molar-refractivity contribution < 1.29 is 4.79 Å². The standard InChI is InChI=1S/C17H17N3O2S/c1-10-4-6-13(7-5-10)19-15(21)12(3)20-9-18-16-14(17(20)22)8-11(2)23-16/h4-9,12H,1-3H3,(H,19,21)/t12-/m0/s1. The number of benzene rings is 1. The van der Waals surface area contributed by atoms with Crippen LogP contribution < -0.4 is 10.9 Å². The number of anilines is 1. The van der Waals surface area contributed by atoms with E-state index in [-0.39, 0.29) is 11.5 Å². The molecule has 1 aromatic carbocycles. The lowest BCUT2D eigenvalue weighted by atomic mass is 10.2. The minimum Gasteiger partial charge on any atom is -0.324 e. The van der Waals surface area contributed by atoms with Gasteiger partial charge >= 0.3 is 0 Å². The summed E-state index contributed by atoms with van der Waals surface area (Å²) in [7, 11) is 0. The maximum absolute atomic E-state index is 12.5. The molecule has 3 aromatic rings. The van der Waals surface area contributed by atoms with Gasteiger partial charge in [0.15, 0.2) is 0 Å². The van der Waals surface area contributed by atoms with Crippen LogP contribution in [0.25, 0.3) is 10.2 Å². The number of aryl methyl sites for hydroxylation is 2. The third-order valence-electron chi connectivity index (χ3n) is 3.72. The first kappa shape index (κ1) is 15.4. The molecule has 6 heteroatoms. The lowest BCUT2D eigenvalue weighted by Crippen LogP contribution is -2.31. The zero-order valence-corrected chi connectivity index (χ0v) is 14.0. The van der Waals surface area contributed by atoms with Crippen LogP contribution in [0.5, 0.6) is 0 Å². The van der Waals surface area contributed by atoms with E-state index in [1.165, 1.54) is 22.2 Å². The van der Waals surface area contributed by atoms with Gasteiger partial charge in [-0.1, -0.05) is 17.7 Å². The molecule has 0 saturated heterocycles. The number of amides is 1. The van der Waals surface area contributed by atoms with Gasteiger partial charge in [-0.15, -0.1) is 11.3 Å². The minimum absolute atomic E-state index is 0.189. The number of hydrogen-bond acceptors (Lipinski definition) is 4. The Morgan fingerprint density at radius 1 is 1.26 bits per heavy atom. The van der Waals surface area contributed by atoms with Gasteiger partial charge in [0, 0.05) is 10.6 Å². The summed E-state index contributed by atoms with van der Waals surface area (Å²) in [5.41, 5.74) is 1.64. The first-order valence-electron chi connectivity index (χ1n) is 7.30. The summed E-state index contributed by atoms with van der Waals surface area (Å²) < 4.78 is 1.37. The molecule has 3 rings (SSSR count). The molecule has 5 nitrogen and oxygen atoms in total. The lowest BCUT2D eigenvalue weighted by Gasteiger charge is -2.14. The third kappa shape index (κ3) is 3.03. The highest BCUT2D eigenvalue weighted by atomic mass is 32.1. The number of thiophene rings is 1. The molecule has 0 radical (unpaired) electrons. The van der Waals surface area contributed by atoms with E-state index < -0.39 is 6.04 Å². The summed E-state index contributed by atoms with van der Waals surface area (Å²) in [5.74, 6) is -0.246. The van der Waals surface area contributed by atoms with E-state index in [0.717, 1.165) is 10.4 Å². The fraction of sp³-hybridized carbons (Fsp3) is 0.235. The highest BCUT2D eigenvalue weighted by Crippen LogP contribution is 2.20. The van der Waals surface area contributed by atoms with Crippen LogP contribution in [0.2, 0.25) is 0 Å². The molecule has 1 N–H and O–H groups in total. The van der Waals surface area contributed by atoms with Crippen molar-refractivity contribution in [2.75, 3.05) is 5.32 Å². The van der Waals surface area contributed by atoms with E-state index in [1.54, 1.807) is 6.92 Å². The Morgan fingerprint density at radius 3 is 2.65 bits per heavy atom. The third-order valence-corrected chi connectivity index (χ3v) is 4.67. The van der Waals surface area contributed by atoms with Crippen LogP contribution >= 0.6 is 11.3 Å². The average molecular weight is 327 g/mol. The van der Waals surface area contributed by atoms with Crippen LogP contribution in [0.1, 0.15) is 23.4 Å². The van der Waals surface area contributed by atoms with Crippen LogP contribution in [0.15, 0.2) is 41.5 Å². The molecule has 0 fully saturated rings. The van der Waals surface area contributed by atoms with Crippen molar-refractivity contribution in [1.29, 1.82) is 0 Å². The van der Waals surface area contributed by atoms with E-state index in [2.05, 4.69) is 10.3 Å². The van der Waals surface area contributed by atoms with E-state index in [0.29, 0.717) is 15.9 Å². The van der Waals surface area contributed by atoms with Gasteiger partial charge < -0.3 is 5.32 Å². The van der Waals surface area contributed by atoms with Crippen molar-refractivity contribution in [2.24, 2.45) is 0 Å². The summed E-state index contributed by atoms with van der Waals surface area (Å²) in [6.45, 7) is 5.61. The summed E-state index contributed by atoms with van der Waals surface area (Å²) >= 11 is 1.47. The van der Waals surface area contributed by atoms with Gasteiger partial charge in [0.05, 0.1) is 11.7 Å². The summed E-state index contributed by atoms with van der Waals surface area (Å²) in [4.78, 5) is 30.9. The predicted octanol–water partition coefficient (Wildman–Crippen LogP) is 3.27. The number of carbonyl (C=O) groups is 1.